The summed E-state index contributed by atoms with van der Waals surface area (Å²) in [5.74, 6) is 0.0835. The Morgan fingerprint density at radius 1 is 1.08 bits per heavy atom. The standard InChI is InChI=1S/C19H16FN5O/c20-13-7-5-12(6-8-13)17-16-15(23-19-21-11-22-25(17)19)9-10-24(18(16)26)14-3-1-2-4-14/h5-11,14H,1-4H2. The predicted octanol–water partition coefficient (Wildman–Crippen LogP) is 3.36. The van der Waals surface area contributed by atoms with Crippen molar-refractivity contribution < 1.29 is 4.39 Å². The first-order chi connectivity index (χ1) is 12.7. The average molecular weight is 349 g/mol. The average Bonchev–Trinajstić information content (AvgIpc) is 3.33. The predicted molar refractivity (Wildman–Crippen MR) is 95.4 cm³/mol. The molecule has 0 N–H and O–H groups in total. The van der Waals surface area contributed by atoms with Crippen molar-refractivity contribution in [2.75, 3.05) is 0 Å². The van der Waals surface area contributed by atoms with Crippen LogP contribution in [0.15, 0.2) is 47.7 Å². The van der Waals surface area contributed by atoms with E-state index in [-0.39, 0.29) is 17.4 Å². The largest absolute Gasteiger partial charge is 0.312 e. The van der Waals surface area contributed by atoms with E-state index in [1.807, 2.05) is 16.8 Å². The van der Waals surface area contributed by atoms with E-state index in [4.69, 9.17) is 0 Å². The van der Waals surface area contributed by atoms with Crippen LogP contribution >= 0.6 is 0 Å². The lowest BCUT2D eigenvalue weighted by atomic mass is 10.1. The molecule has 1 aromatic carbocycles. The van der Waals surface area contributed by atoms with Crippen LogP contribution in [0, 0.1) is 5.82 Å². The monoisotopic (exact) mass is 349 g/mol. The molecule has 3 heterocycles. The molecule has 0 saturated heterocycles. The Kier molecular flexibility index (Phi) is 3.34. The van der Waals surface area contributed by atoms with Gasteiger partial charge in [-0.1, -0.05) is 12.8 Å². The molecule has 4 aromatic rings. The fourth-order valence-electron chi connectivity index (χ4n) is 3.88. The molecule has 0 atom stereocenters. The van der Waals surface area contributed by atoms with E-state index in [0.29, 0.717) is 27.9 Å². The van der Waals surface area contributed by atoms with Gasteiger partial charge in [0.05, 0.1) is 16.6 Å². The molecule has 1 fully saturated rings. The van der Waals surface area contributed by atoms with E-state index in [1.165, 1.54) is 18.5 Å². The van der Waals surface area contributed by atoms with Crippen LogP contribution in [0.3, 0.4) is 0 Å². The van der Waals surface area contributed by atoms with Gasteiger partial charge in [0.15, 0.2) is 0 Å². The number of fused-ring (bicyclic) bond motifs is 2. The van der Waals surface area contributed by atoms with Crippen molar-refractivity contribution in [3.05, 3.63) is 59.0 Å². The molecule has 0 aliphatic heterocycles. The van der Waals surface area contributed by atoms with Crippen LogP contribution in [0.4, 0.5) is 4.39 Å². The maximum Gasteiger partial charge on any atom is 0.262 e. The minimum atomic E-state index is -0.328. The minimum Gasteiger partial charge on any atom is -0.312 e. The lowest BCUT2D eigenvalue weighted by molar-refractivity contribution is 0.505. The molecule has 1 aliphatic rings. The third-order valence-electron chi connectivity index (χ3n) is 5.13. The molecule has 1 aliphatic carbocycles. The van der Waals surface area contributed by atoms with Crippen LogP contribution in [0.25, 0.3) is 27.9 Å². The maximum absolute atomic E-state index is 13.4. The number of rotatable bonds is 2. The van der Waals surface area contributed by atoms with Crippen molar-refractivity contribution in [1.82, 2.24) is 24.1 Å². The highest BCUT2D eigenvalue weighted by atomic mass is 19.1. The Labute approximate surface area is 147 Å². The minimum absolute atomic E-state index is 0.0846. The van der Waals surface area contributed by atoms with Gasteiger partial charge in [-0.3, -0.25) is 4.79 Å². The Morgan fingerprint density at radius 2 is 1.85 bits per heavy atom. The number of benzene rings is 1. The van der Waals surface area contributed by atoms with E-state index in [9.17, 15) is 9.18 Å². The molecule has 7 heteroatoms. The fraction of sp³-hybridized carbons (Fsp3) is 0.263. The molecule has 1 saturated carbocycles. The van der Waals surface area contributed by atoms with Gasteiger partial charge in [-0.25, -0.2) is 9.37 Å². The zero-order valence-electron chi connectivity index (χ0n) is 14.0. The van der Waals surface area contributed by atoms with Crippen LogP contribution in [0.1, 0.15) is 31.7 Å². The third-order valence-corrected chi connectivity index (χ3v) is 5.13. The SMILES string of the molecule is O=c1c2c(-c3ccc(F)cc3)n3ncnc3nc2ccn1C1CCCC1. The number of pyridine rings is 1. The Balaban J connectivity index is 1.88. The highest BCUT2D eigenvalue weighted by Crippen LogP contribution is 2.30. The highest BCUT2D eigenvalue weighted by Gasteiger charge is 2.22. The first-order valence-corrected chi connectivity index (χ1v) is 8.73. The van der Waals surface area contributed by atoms with Crippen molar-refractivity contribution in [3.8, 4) is 11.3 Å². The van der Waals surface area contributed by atoms with E-state index in [1.54, 1.807) is 16.6 Å². The molecule has 0 spiro atoms. The van der Waals surface area contributed by atoms with E-state index >= 15 is 0 Å². The number of hydrogen-bond acceptors (Lipinski definition) is 4. The van der Waals surface area contributed by atoms with Crippen molar-refractivity contribution in [2.45, 2.75) is 31.7 Å². The summed E-state index contributed by atoms with van der Waals surface area (Å²) < 4.78 is 16.8. The second-order valence-corrected chi connectivity index (χ2v) is 6.67. The smallest absolute Gasteiger partial charge is 0.262 e. The van der Waals surface area contributed by atoms with Gasteiger partial charge in [0.1, 0.15) is 12.1 Å². The summed E-state index contributed by atoms with van der Waals surface area (Å²) in [7, 11) is 0. The maximum atomic E-state index is 13.4. The zero-order valence-corrected chi connectivity index (χ0v) is 14.0. The van der Waals surface area contributed by atoms with E-state index in [2.05, 4.69) is 15.1 Å². The van der Waals surface area contributed by atoms with Crippen LogP contribution in [-0.2, 0) is 0 Å². The molecule has 26 heavy (non-hydrogen) atoms. The molecule has 6 nitrogen and oxygen atoms in total. The van der Waals surface area contributed by atoms with Crippen LogP contribution in [0.2, 0.25) is 0 Å². The Hall–Kier alpha value is -3.09. The van der Waals surface area contributed by atoms with Gasteiger partial charge in [-0.05, 0) is 43.2 Å². The van der Waals surface area contributed by atoms with Gasteiger partial charge >= 0.3 is 0 Å². The molecule has 130 valence electrons. The first-order valence-electron chi connectivity index (χ1n) is 8.73. The summed E-state index contributed by atoms with van der Waals surface area (Å²) >= 11 is 0. The number of nitrogens with zero attached hydrogens (tertiary/aromatic N) is 5. The zero-order chi connectivity index (χ0) is 17.7. The summed E-state index contributed by atoms with van der Waals surface area (Å²) in [6.07, 6.45) is 7.53. The second kappa shape index (κ2) is 5.72. The lowest BCUT2D eigenvalue weighted by Crippen LogP contribution is -2.24. The Bertz CT molecular complexity index is 1170. The normalized spacial score (nSPS) is 15.3. The third kappa shape index (κ3) is 2.23. The van der Waals surface area contributed by atoms with Gasteiger partial charge in [0.25, 0.3) is 11.3 Å². The van der Waals surface area contributed by atoms with Crippen molar-refractivity contribution >= 4 is 16.7 Å². The van der Waals surface area contributed by atoms with E-state index < -0.39 is 0 Å². The molecular formula is C19H16FN5O. The molecular weight excluding hydrogens is 333 g/mol. The van der Waals surface area contributed by atoms with Gasteiger partial charge in [-0.2, -0.15) is 14.6 Å². The molecule has 0 amide bonds. The molecule has 0 radical (unpaired) electrons. The van der Waals surface area contributed by atoms with Gasteiger partial charge in [0, 0.05) is 17.8 Å². The van der Waals surface area contributed by atoms with E-state index in [0.717, 1.165) is 25.7 Å². The van der Waals surface area contributed by atoms with Crippen LogP contribution in [0.5, 0.6) is 0 Å². The quantitative estimate of drug-likeness (QED) is 0.557. The first kappa shape index (κ1) is 15.2. The van der Waals surface area contributed by atoms with Crippen molar-refractivity contribution in [2.24, 2.45) is 0 Å². The number of halogens is 1. The molecule has 0 unspecified atom stereocenters. The lowest BCUT2D eigenvalue weighted by Gasteiger charge is -2.15. The van der Waals surface area contributed by atoms with Gasteiger partial charge in [-0.15, -0.1) is 0 Å². The molecule has 5 rings (SSSR count). The summed E-state index contributed by atoms with van der Waals surface area (Å²) in [6, 6.07) is 8.14. The van der Waals surface area contributed by atoms with Crippen LogP contribution in [-0.4, -0.2) is 24.1 Å². The number of hydrogen-bond donors (Lipinski definition) is 0. The van der Waals surface area contributed by atoms with Crippen molar-refractivity contribution in [3.63, 3.8) is 0 Å². The Morgan fingerprint density at radius 3 is 2.62 bits per heavy atom. The molecule has 0 bridgehead atoms. The van der Waals surface area contributed by atoms with Gasteiger partial charge in [0.2, 0.25) is 0 Å². The second-order valence-electron chi connectivity index (χ2n) is 6.67. The summed E-state index contributed by atoms with van der Waals surface area (Å²) in [4.78, 5) is 22.0. The van der Waals surface area contributed by atoms with Crippen LogP contribution < -0.4 is 5.56 Å². The summed E-state index contributed by atoms with van der Waals surface area (Å²) in [6.45, 7) is 0. The summed E-state index contributed by atoms with van der Waals surface area (Å²) in [5, 5.41) is 4.73. The molecule has 3 aromatic heterocycles. The highest BCUT2D eigenvalue weighted by molar-refractivity contribution is 5.93. The van der Waals surface area contributed by atoms with Crippen molar-refractivity contribution in [1.29, 1.82) is 0 Å². The summed E-state index contributed by atoms with van der Waals surface area (Å²) in [5.41, 5.74) is 1.79. The van der Waals surface area contributed by atoms with Gasteiger partial charge < -0.3 is 4.57 Å². The number of aromatic nitrogens is 5. The topological polar surface area (TPSA) is 65.1 Å². The fourth-order valence-corrected chi connectivity index (χ4v) is 3.88.